The Bertz CT molecular complexity index is 534. The van der Waals surface area contributed by atoms with Crippen molar-refractivity contribution in [3.05, 3.63) is 11.5 Å². The summed E-state index contributed by atoms with van der Waals surface area (Å²) in [7, 11) is 2.14. The van der Waals surface area contributed by atoms with Gasteiger partial charge in [0.2, 0.25) is 0 Å². The number of rotatable bonds is 1. The largest absolute Gasteiger partial charge is 0.345 e. The Labute approximate surface area is 108 Å². The first-order chi connectivity index (χ1) is 8.24. The molecule has 1 aliphatic heterocycles. The smallest absolute Gasteiger partial charge is 0.188 e. The number of anilines is 1. The Balaban J connectivity index is 1.93. The summed E-state index contributed by atoms with van der Waals surface area (Å²) in [6.45, 7) is 4.13. The molecular formula is C10H12ClN5S. The average molecular weight is 270 g/mol. The molecule has 2 aromatic rings. The van der Waals surface area contributed by atoms with Gasteiger partial charge in [-0.15, -0.1) is 0 Å². The summed E-state index contributed by atoms with van der Waals surface area (Å²) in [5.41, 5.74) is 0.698. The van der Waals surface area contributed by atoms with E-state index in [1.807, 2.05) is 0 Å². The lowest BCUT2D eigenvalue weighted by atomic mass is 10.3. The number of hydrogen-bond donors (Lipinski definition) is 0. The minimum absolute atomic E-state index is 0.493. The molecule has 0 radical (unpaired) electrons. The van der Waals surface area contributed by atoms with E-state index >= 15 is 0 Å². The van der Waals surface area contributed by atoms with Crippen molar-refractivity contribution in [3.8, 4) is 0 Å². The Morgan fingerprint density at radius 1 is 1.24 bits per heavy atom. The molecular weight excluding hydrogens is 258 g/mol. The summed E-state index contributed by atoms with van der Waals surface area (Å²) in [6.07, 6.45) is 1.46. The molecule has 3 rings (SSSR count). The molecule has 0 N–H and O–H groups in total. The SMILES string of the molecule is CN1CCN(c2nc3ncnc(Cl)c3s2)CC1. The summed E-state index contributed by atoms with van der Waals surface area (Å²) in [6, 6.07) is 0. The third kappa shape index (κ3) is 2.08. The molecule has 17 heavy (non-hydrogen) atoms. The van der Waals surface area contributed by atoms with Crippen molar-refractivity contribution in [1.29, 1.82) is 0 Å². The van der Waals surface area contributed by atoms with Crippen molar-refractivity contribution >= 4 is 38.4 Å². The summed E-state index contributed by atoms with van der Waals surface area (Å²) < 4.78 is 0.878. The lowest BCUT2D eigenvalue weighted by Crippen LogP contribution is -2.44. The standard InChI is InChI=1S/C10H12ClN5S/c1-15-2-4-16(5-3-15)10-14-9-7(17-10)8(11)12-6-13-9/h6H,2-5H2,1H3. The first-order valence-corrected chi connectivity index (χ1v) is 6.64. The fraction of sp³-hybridized carbons (Fsp3) is 0.500. The number of halogens is 1. The van der Waals surface area contributed by atoms with Gasteiger partial charge in [0.25, 0.3) is 0 Å². The maximum Gasteiger partial charge on any atom is 0.188 e. The zero-order chi connectivity index (χ0) is 11.8. The first kappa shape index (κ1) is 11.1. The number of piperazine rings is 1. The Morgan fingerprint density at radius 2 is 2.00 bits per heavy atom. The predicted molar refractivity (Wildman–Crippen MR) is 69.9 cm³/mol. The molecule has 0 bridgehead atoms. The van der Waals surface area contributed by atoms with Gasteiger partial charge in [0.05, 0.1) is 0 Å². The number of likely N-dealkylation sites (N-methyl/N-ethyl adjacent to an activating group) is 1. The van der Waals surface area contributed by atoms with Gasteiger partial charge in [-0.3, -0.25) is 0 Å². The van der Waals surface area contributed by atoms with E-state index < -0.39 is 0 Å². The van der Waals surface area contributed by atoms with E-state index in [4.69, 9.17) is 11.6 Å². The molecule has 90 valence electrons. The van der Waals surface area contributed by atoms with Crippen molar-refractivity contribution in [2.75, 3.05) is 38.1 Å². The van der Waals surface area contributed by atoms with Crippen molar-refractivity contribution in [2.24, 2.45) is 0 Å². The number of hydrogen-bond acceptors (Lipinski definition) is 6. The van der Waals surface area contributed by atoms with Crippen LogP contribution in [0.3, 0.4) is 0 Å². The highest BCUT2D eigenvalue weighted by atomic mass is 35.5. The van der Waals surface area contributed by atoms with Crippen molar-refractivity contribution in [2.45, 2.75) is 0 Å². The monoisotopic (exact) mass is 269 g/mol. The molecule has 0 aliphatic carbocycles. The highest BCUT2D eigenvalue weighted by Crippen LogP contribution is 2.31. The Kier molecular flexibility index (Phi) is 2.85. The normalized spacial score (nSPS) is 17.9. The van der Waals surface area contributed by atoms with Gasteiger partial charge in [-0.1, -0.05) is 22.9 Å². The summed E-state index contributed by atoms with van der Waals surface area (Å²) in [5, 5.41) is 1.49. The van der Waals surface area contributed by atoms with Crippen molar-refractivity contribution in [3.63, 3.8) is 0 Å². The van der Waals surface area contributed by atoms with Crippen LogP contribution in [-0.2, 0) is 0 Å². The number of nitrogens with zero attached hydrogens (tertiary/aromatic N) is 5. The molecule has 0 unspecified atom stereocenters. The molecule has 5 nitrogen and oxygen atoms in total. The maximum atomic E-state index is 6.03. The van der Waals surface area contributed by atoms with E-state index in [9.17, 15) is 0 Å². The van der Waals surface area contributed by atoms with Crippen LogP contribution in [0.4, 0.5) is 5.13 Å². The van der Waals surface area contributed by atoms with Crippen LogP contribution in [0.2, 0.25) is 5.15 Å². The zero-order valence-corrected chi connectivity index (χ0v) is 11.0. The van der Waals surface area contributed by atoms with Crippen LogP contribution in [0, 0.1) is 0 Å². The predicted octanol–water partition coefficient (Wildman–Crippen LogP) is 1.49. The second kappa shape index (κ2) is 4.36. The minimum atomic E-state index is 0.493. The number of fused-ring (bicyclic) bond motifs is 1. The summed E-state index contributed by atoms with van der Waals surface area (Å²) >= 11 is 7.60. The van der Waals surface area contributed by atoms with Gasteiger partial charge in [-0.25, -0.2) is 9.97 Å². The van der Waals surface area contributed by atoms with E-state index in [-0.39, 0.29) is 0 Å². The highest BCUT2D eigenvalue weighted by molar-refractivity contribution is 7.22. The molecule has 0 atom stereocenters. The minimum Gasteiger partial charge on any atom is -0.345 e. The second-order valence-corrected chi connectivity index (χ2v) is 5.44. The van der Waals surface area contributed by atoms with Gasteiger partial charge >= 0.3 is 0 Å². The Hall–Kier alpha value is -0.980. The molecule has 0 saturated carbocycles. The average Bonchev–Trinajstić information content (AvgIpc) is 2.75. The zero-order valence-electron chi connectivity index (χ0n) is 9.43. The van der Waals surface area contributed by atoms with Gasteiger partial charge in [0, 0.05) is 26.2 Å². The molecule has 0 amide bonds. The summed E-state index contributed by atoms with van der Waals surface area (Å²) in [4.78, 5) is 17.2. The molecule has 2 aromatic heterocycles. The van der Waals surface area contributed by atoms with Crippen LogP contribution in [0.5, 0.6) is 0 Å². The molecule has 1 saturated heterocycles. The number of thiazole rings is 1. The van der Waals surface area contributed by atoms with E-state index in [0.29, 0.717) is 10.8 Å². The lowest BCUT2D eigenvalue weighted by molar-refractivity contribution is 0.313. The molecule has 1 fully saturated rings. The maximum absolute atomic E-state index is 6.03. The quantitative estimate of drug-likeness (QED) is 0.734. The van der Waals surface area contributed by atoms with Crippen molar-refractivity contribution < 1.29 is 0 Å². The van der Waals surface area contributed by atoms with Gasteiger partial charge in [-0.05, 0) is 7.05 Å². The van der Waals surface area contributed by atoms with Crippen LogP contribution in [0.25, 0.3) is 10.3 Å². The van der Waals surface area contributed by atoms with Gasteiger partial charge in [0.1, 0.15) is 11.0 Å². The fourth-order valence-electron chi connectivity index (χ4n) is 1.85. The topological polar surface area (TPSA) is 45.2 Å². The van der Waals surface area contributed by atoms with E-state index in [1.165, 1.54) is 6.33 Å². The molecule has 1 aliphatic rings. The van der Waals surface area contributed by atoms with Crippen LogP contribution >= 0.6 is 22.9 Å². The van der Waals surface area contributed by atoms with Gasteiger partial charge < -0.3 is 9.80 Å². The van der Waals surface area contributed by atoms with Crippen LogP contribution in [0.15, 0.2) is 6.33 Å². The molecule has 3 heterocycles. The third-order valence-corrected chi connectivity index (χ3v) is 4.42. The van der Waals surface area contributed by atoms with Crippen LogP contribution in [-0.4, -0.2) is 53.1 Å². The molecule has 7 heteroatoms. The second-order valence-electron chi connectivity index (χ2n) is 4.10. The third-order valence-electron chi connectivity index (χ3n) is 2.91. The van der Waals surface area contributed by atoms with E-state index in [2.05, 4.69) is 31.8 Å². The highest BCUT2D eigenvalue weighted by Gasteiger charge is 2.18. The fourth-order valence-corrected chi connectivity index (χ4v) is 3.05. The summed E-state index contributed by atoms with van der Waals surface area (Å²) in [5.74, 6) is 0. The van der Waals surface area contributed by atoms with Gasteiger partial charge in [-0.2, -0.15) is 4.98 Å². The van der Waals surface area contributed by atoms with E-state index in [1.54, 1.807) is 11.3 Å². The molecule has 0 spiro atoms. The first-order valence-electron chi connectivity index (χ1n) is 5.44. The van der Waals surface area contributed by atoms with Crippen LogP contribution < -0.4 is 4.90 Å². The Morgan fingerprint density at radius 3 is 2.71 bits per heavy atom. The van der Waals surface area contributed by atoms with Gasteiger partial charge in [0.15, 0.2) is 15.9 Å². The van der Waals surface area contributed by atoms with Crippen LogP contribution in [0.1, 0.15) is 0 Å². The number of aromatic nitrogens is 3. The lowest BCUT2D eigenvalue weighted by Gasteiger charge is -2.31. The van der Waals surface area contributed by atoms with E-state index in [0.717, 1.165) is 36.0 Å². The molecule has 0 aromatic carbocycles. The van der Waals surface area contributed by atoms with Crippen molar-refractivity contribution in [1.82, 2.24) is 19.9 Å².